The normalized spacial score (nSPS) is 15.6. The van der Waals surface area contributed by atoms with E-state index in [1.807, 2.05) is 0 Å². The van der Waals surface area contributed by atoms with Crippen LogP contribution in [-0.4, -0.2) is 22.0 Å². The molecule has 5 heteroatoms. The Morgan fingerprint density at radius 3 is 2.76 bits per heavy atom. The maximum absolute atomic E-state index is 11.9. The minimum atomic E-state index is -1.09. The maximum atomic E-state index is 11.9. The summed E-state index contributed by atoms with van der Waals surface area (Å²) in [6.45, 7) is 0. The zero-order chi connectivity index (χ0) is 15.1. The Labute approximate surface area is 124 Å². The van der Waals surface area contributed by atoms with Crippen molar-refractivity contribution in [2.75, 3.05) is 5.32 Å². The number of carboxylic acids is 1. The van der Waals surface area contributed by atoms with Gasteiger partial charge in [-0.05, 0) is 30.9 Å². The number of anilines is 1. The molecule has 1 aromatic rings. The highest BCUT2D eigenvalue weighted by Crippen LogP contribution is 2.27. The number of carbonyl (C=O) groups excluding carboxylic acids is 1. The first-order chi connectivity index (χ1) is 10.1. The van der Waals surface area contributed by atoms with Gasteiger partial charge in [0.05, 0.1) is 0 Å². The molecule has 1 amide bonds. The largest absolute Gasteiger partial charge is 0.477 e. The SMILES string of the molecule is O=C(CCCC1CCCCC1)Nc1ccnc(C(=O)O)c1. The third kappa shape index (κ3) is 5.17. The number of nitrogens with zero attached hydrogens (tertiary/aromatic N) is 1. The highest BCUT2D eigenvalue weighted by atomic mass is 16.4. The molecular weight excluding hydrogens is 268 g/mol. The van der Waals surface area contributed by atoms with Crippen molar-refractivity contribution in [2.45, 2.75) is 51.4 Å². The van der Waals surface area contributed by atoms with E-state index < -0.39 is 5.97 Å². The molecule has 5 nitrogen and oxygen atoms in total. The van der Waals surface area contributed by atoms with Crippen LogP contribution in [0.2, 0.25) is 0 Å². The van der Waals surface area contributed by atoms with E-state index in [4.69, 9.17) is 5.11 Å². The molecule has 0 atom stereocenters. The van der Waals surface area contributed by atoms with Crippen molar-refractivity contribution >= 4 is 17.6 Å². The van der Waals surface area contributed by atoms with Crippen molar-refractivity contribution in [2.24, 2.45) is 5.92 Å². The van der Waals surface area contributed by atoms with Gasteiger partial charge in [-0.3, -0.25) is 4.79 Å². The standard InChI is InChI=1S/C16H22N2O3/c19-15(8-4-7-12-5-2-1-3-6-12)18-13-9-10-17-14(11-13)16(20)21/h9-12H,1-8H2,(H,20,21)(H,17,18,19). The fourth-order valence-corrected chi connectivity index (χ4v) is 2.88. The smallest absolute Gasteiger partial charge is 0.354 e. The molecule has 0 aromatic carbocycles. The van der Waals surface area contributed by atoms with Gasteiger partial charge in [-0.15, -0.1) is 0 Å². The number of carbonyl (C=O) groups is 2. The Kier molecular flexibility index (Phi) is 5.72. The van der Waals surface area contributed by atoms with Gasteiger partial charge in [0.1, 0.15) is 5.69 Å². The summed E-state index contributed by atoms with van der Waals surface area (Å²) in [4.78, 5) is 26.4. The number of aromatic nitrogens is 1. The Morgan fingerprint density at radius 1 is 1.29 bits per heavy atom. The molecule has 1 fully saturated rings. The highest BCUT2D eigenvalue weighted by Gasteiger charge is 2.14. The Hall–Kier alpha value is -1.91. The second-order valence-electron chi connectivity index (χ2n) is 5.68. The van der Waals surface area contributed by atoms with Crippen molar-refractivity contribution in [3.63, 3.8) is 0 Å². The van der Waals surface area contributed by atoms with E-state index in [0.717, 1.165) is 18.8 Å². The predicted molar refractivity (Wildman–Crippen MR) is 80.3 cm³/mol. The minimum absolute atomic E-state index is 0.0602. The summed E-state index contributed by atoms with van der Waals surface area (Å²) in [6.07, 6.45) is 10.5. The molecule has 1 saturated carbocycles. The average Bonchev–Trinajstić information content (AvgIpc) is 2.48. The third-order valence-electron chi connectivity index (χ3n) is 4.00. The van der Waals surface area contributed by atoms with E-state index in [1.165, 1.54) is 44.4 Å². The monoisotopic (exact) mass is 290 g/mol. The molecule has 1 aliphatic rings. The van der Waals surface area contributed by atoms with Gasteiger partial charge in [0.2, 0.25) is 5.91 Å². The van der Waals surface area contributed by atoms with E-state index in [-0.39, 0.29) is 11.6 Å². The van der Waals surface area contributed by atoms with Gasteiger partial charge >= 0.3 is 5.97 Å². The van der Waals surface area contributed by atoms with Crippen molar-refractivity contribution in [1.29, 1.82) is 0 Å². The second kappa shape index (κ2) is 7.76. The summed E-state index contributed by atoms with van der Waals surface area (Å²) in [5.41, 5.74) is 0.431. The van der Waals surface area contributed by atoms with Crippen LogP contribution in [0, 0.1) is 5.92 Å². The lowest BCUT2D eigenvalue weighted by atomic mass is 9.86. The molecule has 0 radical (unpaired) electrons. The Balaban J connectivity index is 1.73. The average molecular weight is 290 g/mol. The number of aromatic carboxylic acids is 1. The summed E-state index contributed by atoms with van der Waals surface area (Å²) in [5.74, 6) is -0.372. The number of hydrogen-bond donors (Lipinski definition) is 2. The van der Waals surface area contributed by atoms with E-state index in [0.29, 0.717) is 12.1 Å². The van der Waals surface area contributed by atoms with E-state index in [2.05, 4.69) is 10.3 Å². The van der Waals surface area contributed by atoms with Crippen molar-refractivity contribution in [1.82, 2.24) is 4.98 Å². The molecular formula is C16H22N2O3. The van der Waals surface area contributed by atoms with Gasteiger partial charge < -0.3 is 10.4 Å². The predicted octanol–water partition coefficient (Wildman–Crippen LogP) is 3.47. The van der Waals surface area contributed by atoms with E-state index in [1.54, 1.807) is 6.07 Å². The first-order valence-corrected chi connectivity index (χ1v) is 7.64. The number of amides is 1. The molecule has 0 saturated heterocycles. The van der Waals surface area contributed by atoms with E-state index in [9.17, 15) is 9.59 Å². The maximum Gasteiger partial charge on any atom is 0.354 e. The van der Waals surface area contributed by atoms with Crippen molar-refractivity contribution in [3.8, 4) is 0 Å². The zero-order valence-corrected chi connectivity index (χ0v) is 12.2. The Bertz CT molecular complexity index is 496. The number of carboxylic acid groups (broad SMARTS) is 1. The minimum Gasteiger partial charge on any atom is -0.477 e. The van der Waals surface area contributed by atoms with Gasteiger partial charge in [0.25, 0.3) is 0 Å². The number of nitrogens with one attached hydrogen (secondary N) is 1. The van der Waals surface area contributed by atoms with Crippen LogP contribution in [0.5, 0.6) is 0 Å². The zero-order valence-electron chi connectivity index (χ0n) is 12.2. The molecule has 1 aromatic heterocycles. The fourth-order valence-electron chi connectivity index (χ4n) is 2.88. The summed E-state index contributed by atoms with van der Waals surface area (Å²) in [7, 11) is 0. The van der Waals surface area contributed by atoms with Crippen LogP contribution in [0.3, 0.4) is 0 Å². The molecule has 0 aliphatic heterocycles. The molecule has 1 heterocycles. The number of pyridine rings is 1. The third-order valence-corrected chi connectivity index (χ3v) is 4.00. The summed E-state index contributed by atoms with van der Waals surface area (Å²) >= 11 is 0. The molecule has 0 unspecified atom stereocenters. The summed E-state index contributed by atoms with van der Waals surface area (Å²) < 4.78 is 0. The molecule has 0 spiro atoms. The molecule has 0 bridgehead atoms. The van der Waals surface area contributed by atoms with Crippen LogP contribution >= 0.6 is 0 Å². The molecule has 2 rings (SSSR count). The van der Waals surface area contributed by atoms with Gasteiger partial charge in [0, 0.05) is 18.3 Å². The first-order valence-electron chi connectivity index (χ1n) is 7.64. The van der Waals surface area contributed by atoms with Crippen LogP contribution in [0.1, 0.15) is 61.9 Å². The Morgan fingerprint density at radius 2 is 2.05 bits per heavy atom. The van der Waals surface area contributed by atoms with Crippen LogP contribution < -0.4 is 5.32 Å². The fraction of sp³-hybridized carbons (Fsp3) is 0.562. The van der Waals surface area contributed by atoms with Crippen LogP contribution in [0.4, 0.5) is 5.69 Å². The molecule has 114 valence electrons. The summed E-state index contributed by atoms with van der Waals surface area (Å²) in [5, 5.41) is 11.6. The van der Waals surface area contributed by atoms with Crippen LogP contribution in [0.25, 0.3) is 0 Å². The van der Waals surface area contributed by atoms with Gasteiger partial charge in [-0.2, -0.15) is 0 Å². The van der Waals surface area contributed by atoms with E-state index >= 15 is 0 Å². The first kappa shape index (κ1) is 15.5. The summed E-state index contributed by atoms with van der Waals surface area (Å²) in [6, 6.07) is 2.98. The van der Waals surface area contributed by atoms with Crippen LogP contribution in [-0.2, 0) is 4.79 Å². The van der Waals surface area contributed by atoms with Crippen molar-refractivity contribution in [3.05, 3.63) is 24.0 Å². The molecule has 21 heavy (non-hydrogen) atoms. The lowest BCUT2D eigenvalue weighted by molar-refractivity contribution is -0.116. The molecule has 1 aliphatic carbocycles. The highest BCUT2D eigenvalue weighted by molar-refractivity contribution is 5.92. The quantitative estimate of drug-likeness (QED) is 0.840. The lowest BCUT2D eigenvalue weighted by Crippen LogP contribution is -2.13. The van der Waals surface area contributed by atoms with Crippen molar-refractivity contribution < 1.29 is 14.7 Å². The number of hydrogen-bond acceptors (Lipinski definition) is 3. The van der Waals surface area contributed by atoms with Gasteiger partial charge in [-0.25, -0.2) is 9.78 Å². The van der Waals surface area contributed by atoms with Crippen LogP contribution in [0.15, 0.2) is 18.3 Å². The topological polar surface area (TPSA) is 79.3 Å². The second-order valence-corrected chi connectivity index (χ2v) is 5.68. The number of rotatable bonds is 6. The van der Waals surface area contributed by atoms with Gasteiger partial charge in [-0.1, -0.05) is 32.1 Å². The molecule has 2 N–H and O–H groups in total. The van der Waals surface area contributed by atoms with Gasteiger partial charge in [0.15, 0.2) is 0 Å². The lowest BCUT2D eigenvalue weighted by Gasteiger charge is -2.21.